The Bertz CT molecular complexity index is 487. The van der Waals surface area contributed by atoms with Crippen LogP contribution in [0.4, 0.5) is 4.39 Å². The molecule has 0 radical (unpaired) electrons. The number of rotatable bonds is 9. The summed E-state index contributed by atoms with van der Waals surface area (Å²) in [7, 11) is 0. The monoisotopic (exact) mass is 462 g/mol. The van der Waals surface area contributed by atoms with Crippen LogP contribution in [0.1, 0.15) is 38.2 Å². The van der Waals surface area contributed by atoms with Gasteiger partial charge in [-0.2, -0.15) is 0 Å². The zero-order valence-electron chi connectivity index (χ0n) is 15.3. The molecule has 1 saturated heterocycles. The van der Waals surface area contributed by atoms with Crippen molar-refractivity contribution in [3.63, 3.8) is 0 Å². The van der Waals surface area contributed by atoms with Crippen LogP contribution in [-0.4, -0.2) is 50.1 Å². The van der Waals surface area contributed by atoms with Gasteiger partial charge in [-0.3, -0.25) is 4.99 Å². The molecule has 0 aromatic heterocycles. The summed E-state index contributed by atoms with van der Waals surface area (Å²) in [6.07, 6.45) is 5.94. The Hall–Kier alpha value is -0.890. The van der Waals surface area contributed by atoms with Gasteiger partial charge in [0.2, 0.25) is 0 Å². The number of hydrogen-bond donors (Lipinski definition) is 2. The van der Waals surface area contributed by atoms with E-state index in [1.807, 2.05) is 12.1 Å². The molecular formula is C19H32FIN4. The molecule has 0 atom stereocenters. The molecule has 1 aliphatic rings. The molecule has 0 aliphatic carbocycles. The van der Waals surface area contributed by atoms with Gasteiger partial charge >= 0.3 is 0 Å². The quantitative estimate of drug-likeness (QED) is 0.256. The normalized spacial score (nSPS) is 15.0. The molecule has 1 aliphatic heterocycles. The molecule has 6 heteroatoms. The molecule has 25 heavy (non-hydrogen) atoms. The Balaban J connectivity index is 0.00000312. The minimum absolute atomic E-state index is 0. The van der Waals surface area contributed by atoms with Crippen molar-refractivity contribution >= 4 is 29.9 Å². The van der Waals surface area contributed by atoms with E-state index < -0.39 is 0 Å². The van der Waals surface area contributed by atoms with E-state index >= 15 is 0 Å². The lowest BCUT2D eigenvalue weighted by atomic mass is 10.1. The molecule has 142 valence electrons. The minimum Gasteiger partial charge on any atom is -0.357 e. The van der Waals surface area contributed by atoms with Gasteiger partial charge in [0.15, 0.2) is 5.96 Å². The van der Waals surface area contributed by atoms with Gasteiger partial charge in [-0.25, -0.2) is 4.39 Å². The third kappa shape index (κ3) is 9.39. The number of nitrogens with one attached hydrogen (secondary N) is 2. The highest BCUT2D eigenvalue weighted by Gasteiger charge is 2.09. The van der Waals surface area contributed by atoms with Crippen molar-refractivity contribution in [1.82, 2.24) is 15.5 Å². The highest BCUT2D eigenvalue weighted by atomic mass is 127. The predicted octanol–water partition coefficient (Wildman–Crippen LogP) is 3.42. The second kappa shape index (κ2) is 13.3. The molecule has 0 amide bonds. The maximum atomic E-state index is 12.9. The largest absolute Gasteiger partial charge is 0.357 e. The molecule has 4 nitrogen and oxygen atoms in total. The van der Waals surface area contributed by atoms with Gasteiger partial charge in [0.05, 0.1) is 0 Å². The molecule has 1 heterocycles. The number of hydrogen-bond acceptors (Lipinski definition) is 2. The number of nitrogens with zero attached hydrogens (tertiary/aromatic N) is 2. The topological polar surface area (TPSA) is 39.7 Å². The third-order valence-electron chi connectivity index (χ3n) is 4.31. The van der Waals surface area contributed by atoms with Crippen LogP contribution in [0.15, 0.2) is 29.3 Å². The van der Waals surface area contributed by atoms with Crippen molar-refractivity contribution in [3.05, 3.63) is 35.6 Å². The maximum Gasteiger partial charge on any atom is 0.191 e. The van der Waals surface area contributed by atoms with Gasteiger partial charge in [-0.1, -0.05) is 12.1 Å². The van der Waals surface area contributed by atoms with Crippen molar-refractivity contribution < 1.29 is 4.39 Å². The van der Waals surface area contributed by atoms with Gasteiger partial charge in [-0.05, 0) is 76.4 Å². The van der Waals surface area contributed by atoms with E-state index in [9.17, 15) is 4.39 Å². The van der Waals surface area contributed by atoms with Crippen molar-refractivity contribution in [2.24, 2.45) is 4.99 Å². The lowest BCUT2D eigenvalue weighted by Gasteiger charge is -2.14. The first kappa shape index (κ1) is 22.2. The van der Waals surface area contributed by atoms with E-state index in [0.717, 1.165) is 44.0 Å². The van der Waals surface area contributed by atoms with Crippen LogP contribution in [-0.2, 0) is 6.42 Å². The minimum atomic E-state index is -0.185. The van der Waals surface area contributed by atoms with E-state index in [2.05, 4.69) is 27.4 Å². The molecule has 2 rings (SSSR count). The maximum absolute atomic E-state index is 12.9. The molecule has 1 aromatic rings. The highest BCUT2D eigenvalue weighted by Crippen LogP contribution is 2.08. The van der Waals surface area contributed by atoms with Crippen LogP contribution in [0.5, 0.6) is 0 Å². The Morgan fingerprint density at radius 1 is 1.12 bits per heavy atom. The van der Waals surface area contributed by atoms with Crippen molar-refractivity contribution in [3.8, 4) is 0 Å². The van der Waals surface area contributed by atoms with E-state index in [-0.39, 0.29) is 29.8 Å². The molecule has 0 spiro atoms. The summed E-state index contributed by atoms with van der Waals surface area (Å²) in [5.41, 5.74) is 1.13. The molecule has 0 bridgehead atoms. The molecule has 0 saturated carbocycles. The van der Waals surface area contributed by atoms with Gasteiger partial charge in [0.25, 0.3) is 0 Å². The summed E-state index contributed by atoms with van der Waals surface area (Å²) in [6.45, 7) is 8.35. The first-order valence-electron chi connectivity index (χ1n) is 9.27. The number of halogens is 2. The molecule has 0 unspecified atom stereocenters. The first-order valence-corrected chi connectivity index (χ1v) is 9.27. The lowest BCUT2D eigenvalue weighted by molar-refractivity contribution is 0.331. The summed E-state index contributed by atoms with van der Waals surface area (Å²) in [5, 5.41) is 6.63. The number of likely N-dealkylation sites (tertiary alicyclic amines) is 1. The predicted molar refractivity (Wildman–Crippen MR) is 114 cm³/mol. The fourth-order valence-corrected chi connectivity index (χ4v) is 2.96. The summed E-state index contributed by atoms with van der Waals surface area (Å²) >= 11 is 0. The van der Waals surface area contributed by atoms with Crippen molar-refractivity contribution in [2.75, 3.05) is 39.3 Å². The first-order chi connectivity index (χ1) is 11.8. The van der Waals surface area contributed by atoms with E-state index in [0.29, 0.717) is 0 Å². The van der Waals surface area contributed by atoms with Crippen LogP contribution in [0.3, 0.4) is 0 Å². The van der Waals surface area contributed by atoms with E-state index in [1.165, 1.54) is 51.0 Å². The van der Waals surface area contributed by atoms with Gasteiger partial charge in [-0.15, -0.1) is 24.0 Å². The summed E-state index contributed by atoms with van der Waals surface area (Å²) in [5.74, 6) is 0.691. The van der Waals surface area contributed by atoms with Crippen LogP contribution in [0.2, 0.25) is 0 Å². The summed E-state index contributed by atoms with van der Waals surface area (Å²) < 4.78 is 12.9. The molecule has 2 N–H and O–H groups in total. The number of benzene rings is 1. The average Bonchev–Trinajstić information content (AvgIpc) is 3.10. The van der Waals surface area contributed by atoms with E-state index in [1.54, 1.807) is 0 Å². The molecule has 1 aromatic carbocycles. The Morgan fingerprint density at radius 2 is 1.84 bits per heavy atom. The standard InChI is InChI=1S/C19H31FN4.HI/c1-2-21-19(22-12-3-4-14-24-15-5-6-16-24)23-13-11-17-7-9-18(20)10-8-17;/h7-10H,2-6,11-16H2,1H3,(H2,21,22,23);1H. The van der Waals surface area contributed by atoms with Crippen molar-refractivity contribution in [1.29, 1.82) is 0 Å². The zero-order chi connectivity index (χ0) is 17.0. The van der Waals surface area contributed by atoms with Crippen LogP contribution < -0.4 is 10.6 Å². The van der Waals surface area contributed by atoms with E-state index in [4.69, 9.17) is 0 Å². The fourth-order valence-electron chi connectivity index (χ4n) is 2.96. The highest BCUT2D eigenvalue weighted by molar-refractivity contribution is 14.0. The second-order valence-corrected chi connectivity index (χ2v) is 6.32. The number of guanidine groups is 1. The molecular weight excluding hydrogens is 430 g/mol. The third-order valence-corrected chi connectivity index (χ3v) is 4.31. The average molecular weight is 462 g/mol. The van der Waals surface area contributed by atoms with Crippen LogP contribution >= 0.6 is 24.0 Å². The number of aliphatic imine (C=N–C) groups is 1. The smallest absolute Gasteiger partial charge is 0.191 e. The summed E-state index contributed by atoms with van der Waals surface area (Å²) in [6, 6.07) is 6.68. The number of unbranched alkanes of at least 4 members (excludes halogenated alkanes) is 1. The fraction of sp³-hybridized carbons (Fsp3) is 0.632. The van der Waals surface area contributed by atoms with Crippen molar-refractivity contribution in [2.45, 2.75) is 39.0 Å². The van der Waals surface area contributed by atoms with Crippen LogP contribution in [0, 0.1) is 5.82 Å². The Kier molecular flexibility index (Phi) is 11.8. The Morgan fingerprint density at radius 3 is 2.52 bits per heavy atom. The Labute approximate surface area is 168 Å². The van der Waals surface area contributed by atoms with Crippen LogP contribution in [0.25, 0.3) is 0 Å². The summed E-state index contributed by atoms with van der Waals surface area (Å²) in [4.78, 5) is 7.19. The SMILES string of the molecule is CCNC(=NCCCCN1CCCC1)NCCc1ccc(F)cc1.I. The zero-order valence-corrected chi connectivity index (χ0v) is 17.6. The van der Waals surface area contributed by atoms with Gasteiger partial charge in [0.1, 0.15) is 5.82 Å². The van der Waals surface area contributed by atoms with Gasteiger partial charge < -0.3 is 15.5 Å². The lowest BCUT2D eigenvalue weighted by Crippen LogP contribution is -2.38. The second-order valence-electron chi connectivity index (χ2n) is 6.32. The van der Waals surface area contributed by atoms with Gasteiger partial charge in [0, 0.05) is 19.6 Å². The molecule has 1 fully saturated rings.